The van der Waals surface area contributed by atoms with E-state index in [2.05, 4.69) is 4.98 Å². The van der Waals surface area contributed by atoms with Gasteiger partial charge in [0.25, 0.3) is 5.56 Å². The quantitative estimate of drug-likeness (QED) is 0.677. The van der Waals surface area contributed by atoms with Crippen LogP contribution in [0.2, 0.25) is 0 Å². The molecule has 1 amide bonds. The molecule has 1 atom stereocenters. The number of hydrogen-bond donors (Lipinski definition) is 0. The normalized spacial score (nSPS) is 12.3. The van der Waals surface area contributed by atoms with Gasteiger partial charge in [0, 0.05) is 21.1 Å². The summed E-state index contributed by atoms with van der Waals surface area (Å²) in [4.78, 5) is 43.4. The highest BCUT2D eigenvalue weighted by Crippen LogP contribution is 2.19. The van der Waals surface area contributed by atoms with Crippen molar-refractivity contribution in [2.45, 2.75) is 19.5 Å². The molecule has 0 aliphatic carbocycles. The zero-order valence-corrected chi connectivity index (χ0v) is 15.5. The Morgan fingerprint density at radius 2 is 1.85 bits per heavy atom. The third-order valence-electron chi connectivity index (χ3n) is 4.82. The summed E-state index contributed by atoms with van der Waals surface area (Å²) in [6.07, 6.45) is 1.44. The zero-order chi connectivity index (χ0) is 19.9. The third-order valence-corrected chi connectivity index (χ3v) is 4.82. The molecule has 0 aliphatic heterocycles. The summed E-state index contributed by atoms with van der Waals surface area (Å²) < 4.78 is 16.8. The minimum Gasteiger partial charge on any atom is -0.337 e. The molecule has 0 unspecified atom stereocenters. The van der Waals surface area contributed by atoms with Crippen molar-refractivity contribution in [1.82, 2.24) is 23.6 Å². The Morgan fingerprint density at radius 3 is 2.48 bits per heavy atom. The summed E-state index contributed by atoms with van der Waals surface area (Å²) in [7, 11) is 4.73. The van der Waals surface area contributed by atoms with Crippen molar-refractivity contribution in [2.24, 2.45) is 14.1 Å². The summed E-state index contributed by atoms with van der Waals surface area (Å²) in [6, 6.07) is 5.48. The number of nitrogens with zero attached hydrogens (tertiary/aromatic N) is 5. The summed E-state index contributed by atoms with van der Waals surface area (Å²) >= 11 is 0. The van der Waals surface area contributed by atoms with E-state index in [0.717, 1.165) is 10.1 Å². The van der Waals surface area contributed by atoms with E-state index < -0.39 is 23.7 Å². The maximum atomic E-state index is 13.1. The Hall–Kier alpha value is -3.23. The summed E-state index contributed by atoms with van der Waals surface area (Å²) in [6.45, 7) is 1.39. The lowest BCUT2D eigenvalue weighted by Gasteiger charge is -2.25. The van der Waals surface area contributed by atoms with Crippen LogP contribution in [-0.2, 0) is 25.4 Å². The molecule has 3 rings (SSSR count). The van der Waals surface area contributed by atoms with Gasteiger partial charge in [-0.15, -0.1) is 0 Å². The number of rotatable bonds is 4. The fourth-order valence-corrected chi connectivity index (χ4v) is 2.96. The fourth-order valence-electron chi connectivity index (χ4n) is 2.96. The smallest absolute Gasteiger partial charge is 0.332 e. The molecule has 2 heterocycles. The van der Waals surface area contributed by atoms with Crippen LogP contribution in [-0.4, -0.2) is 36.5 Å². The molecule has 1 aromatic carbocycles. The highest BCUT2D eigenvalue weighted by atomic mass is 19.1. The van der Waals surface area contributed by atoms with Gasteiger partial charge in [0.1, 0.15) is 12.4 Å². The van der Waals surface area contributed by atoms with Gasteiger partial charge >= 0.3 is 5.69 Å². The standard InChI is InChI=1S/C18H20FN5O3/c1-11(12-5-7-13(19)8-6-12)22(3)14(25)9-24-17(26)15-16(20-10-21(15)2)23(4)18(24)27/h5-8,10-11H,9H2,1-4H3/t11-/m1/s1. The van der Waals surface area contributed by atoms with E-state index in [-0.39, 0.29) is 23.0 Å². The Balaban J connectivity index is 1.94. The van der Waals surface area contributed by atoms with Crippen molar-refractivity contribution in [1.29, 1.82) is 0 Å². The van der Waals surface area contributed by atoms with Gasteiger partial charge in [0.05, 0.1) is 12.4 Å². The van der Waals surface area contributed by atoms with E-state index in [1.807, 2.05) is 0 Å². The van der Waals surface area contributed by atoms with E-state index in [0.29, 0.717) is 0 Å². The number of fused-ring (bicyclic) bond motifs is 1. The van der Waals surface area contributed by atoms with Crippen molar-refractivity contribution >= 4 is 17.1 Å². The molecule has 142 valence electrons. The molecule has 0 saturated carbocycles. The zero-order valence-electron chi connectivity index (χ0n) is 15.5. The highest BCUT2D eigenvalue weighted by Gasteiger charge is 2.21. The van der Waals surface area contributed by atoms with Crippen LogP contribution in [0.4, 0.5) is 4.39 Å². The number of carbonyl (C=O) groups is 1. The molecule has 0 bridgehead atoms. The lowest BCUT2D eigenvalue weighted by Crippen LogP contribution is -2.44. The minimum absolute atomic E-state index is 0.249. The van der Waals surface area contributed by atoms with Gasteiger partial charge in [-0.1, -0.05) is 12.1 Å². The van der Waals surface area contributed by atoms with Crippen molar-refractivity contribution in [3.05, 3.63) is 62.8 Å². The number of halogens is 1. The van der Waals surface area contributed by atoms with Crippen LogP contribution in [0.3, 0.4) is 0 Å². The fraction of sp³-hybridized carbons (Fsp3) is 0.333. The van der Waals surface area contributed by atoms with Crippen LogP contribution in [0.15, 0.2) is 40.2 Å². The summed E-state index contributed by atoms with van der Waals surface area (Å²) in [5.74, 6) is -0.771. The van der Waals surface area contributed by atoms with E-state index in [9.17, 15) is 18.8 Å². The number of carbonyl (C=O) groups excluding carboxylic acids is 1. The Bertz CT molecular complexity index is 1130. The van der Waals surface area contributed by atoms with E-state index in [4.69, 9.17) is 0 Å². The number of aromatic nitrogens is 4. The second-order valence-electron chi connectivity index (χ2n) is 6.49. The predicted molar refractivity (Wildman–Crippen MR) is 97.8 cm³/mol. The molecule has 27 heavy (non-hydrogen) atoms. The minimum atomic E-state index is -0.609. The highest BCUT2D eigenvalue weighted by molar-refractivity contribution is 5.77. The average Bonchev–Trinajstić information content (AvgIpc) is 3.04. The van der Waals surface area contributed by atoms with Crippen LogP contribution >= 0.6 is 0 Å². The molecule has 0 spiro atoms. The Labute approximate surface area is 154 Å². The first-order valence-corrected chi connectivity index (χ1v) is 8.34. The van der Waals surface area contributed by atoms with Crippen LogP contribution in [0.5, 0.6) is 0 Å². The second-order valence-corrected chi connectivity index (χ2v) is 6.49. The molecular weight excluding hydrogens is 353 g/mol. The molecule has 3 aromatic rings. The topological polar surface area (TPSA) is 82.1 Å². The molecule has 9 heteroatoms. The Kier molecular flexibility index (Phi) is 4.69. The predicted octanol–water partition coefficient (Wildman–Crippen LogP) is 0.792. The number of benzene rings is 1. The largest absolute Gasteiger partial charge is 0.337 e. The summed E-state index contributed by atoms with van der Waals surface area (Å²) in [5.41, 5.74) is 0.0876. The van der Waals surface area contributed by atoms with Gasteiger partial charge in [-0.3, -0.25) is 14.2 Å². The van der Waals surface area contributed by atoms with Crippen LogP contribution in [0.25, 0.3) is 11.2 Å². The van der Waals surface area contributed by atoms with Crippen molar-refractivity contribution < 1.29 is 9.18 Å². The van der Waals surface area contributed by atoms with Gasteiger partial charge in [-0.25, -0.2) is 18.7 Å². The third kappa shape index (κ3) is 3.16. The number of hydrogen-bond acceptors (Lipinski definition) is 4. The summed E-state index contributed by atoms with van der Waals surface area (Å²) in [5, 5.41) is 0. The van der Waals surface area contributed by atoms with Gasteiger partial charge in [0.2, 0.25) is 5.91 Å². The molecule has 0 N–H and O–H groups in total. The Morgan fingerprint density at radius 1 is 1.22 bits per heavy atom. The van der Waals surface area contributed by atoms with Crippen LogP contribution in [0.1, 0.15) is 18.5 Å². The number of amides is 1. The van der Waals surface area contributed by atoms with E-state index in [1.165, 1.54) is 39.5 Å². The van der Waals surface area contributed by atoms with Gasteiger partial charge in [-0.05, 0) is 24.6 Å². The number of aryl methyl sites for hydroxylation is 2. The first kappa shape index (κ1) is 18.6. The van der Waals surface area contributed by atoms with Crippen LogP contribution < -0.4 is 11.2 Å². The lowest BCUT2D eigenvalue weighted by atomic mass is 10.1. The van der Waals surface area contributed by atoms with Crippen molar-refractivity contribution in [3.8, 4) is 0 Å². The maximum Gasteiger partial charge on any atom is 0.332 e. The van der Waals surface area contributed by atoms with Crippen molar-refractivity contribution in [2.75, 3.05) is 7.05 Å². The van der Waals surface area contributed by atoms with Gasteiger partial charge < -0.3 is 9.47 Å². The second kappa shape index (κ2) is 6.82. The van der Waals surface area contributed by atoms with E-state index >= 15 is 0 Å². The van der Waals surface area contributed by atoms with Gasteiger partial charge in [-0.2, -0.15) is 0 Å². The maximum absolute atomic E-state index is 13.1. The molecule has 0 radical (unpaired) electrons. The SMILES string of the molecule is C[C@H](c1ccc(F)cc1)N(C)C(=O)Cn1c(=O)c2c(ncn2C)n(C)c1=O. The van der Waals surface area contributed by atoms with E-state index in [1.54, 1.807) is 33.2 Å². The molecular formula is C18H20FN5O3. The molecule has 2 aromatic heterocycles. The van der Waals surface area contributed by atoms with Crippen molar-refractivity contribution in [3.63, 3.8) is 0 Å². The first-order valence-electron chi connectivity index (χ1n) is 8.34. The molecule has 8 nitrogen and oxygen atoms in total. The molecule has 0 saturated heterocycles. The number of imidazole rings is 1. The first-order chi connectivity index (χ1) is 12.7. The average molecular weight is 373 g/mol. The number of likely N-dealkylation sites (N-methyl/N-ethyl adjacent to an activating group) is 1. The molecule has 0 fully saturated rings. The van der Waals surface area contributed by atoms with Crippen LogP contribution in [0, 0.1) is 5.82 Å². The molecule has 0 aliphatic rings. The lowest BCUT2D eigenvalue weighted by molar-refractivity contribution is -0.132. The monoisotopic (exact) mass is 373 g/mol. The van der Waals surface area contributed by atoms with Gasteiger partial charge in [0.15, 0.2) is 11.2 Å².